The molecular weight excluding hydrogens is 228 g/mol. The van der Waals surface area contributed by atoms with Gasteiger partial charge in [0.2, 0.25) is 0 Å². The van der Waals surface area contributed by atoms with Crippen LogP contribution in [0.25, 0.3) is 0 Å². The SMILES string of the molecule is CCC(C)C(NC(C)C)c1nc2c(s1)CCC2. The van der Waals surface area contributed by atoms with Gasteiger partial charge < -0.3 is 5.32 Å². The lowest BCUT2D eigenvalue weighted by atomic mass is 9.99. The first kappa shape index (κ1) is 13.0. The zero-order chi connectivity index (χ0) is 12.4. The van der Waals surface area contributed by atoms with E-state index in [1.165, 1.54) is 36.4 Å². The molecule has 0 aliphatic heterocycles. The van der Waals surface area contributed by atoms with Crippen LogP contribution in [0, 0.1) is 5.92 Å². The predicted molar refractivity (Wildman–Crippen MR) is 74.6 cm³/mol. The maximum absolute atomic E-state index is 4.87. The molecule has 1 aromatic rings. The van der Waals surface area contributed by atoms with Gasteiger partial charge in [-0.3, -0.25) is 0 Å². The van der Waals surface area contributed by atoms with Crippen LogP contribution < -0.4 is 5.32 Å². The summed E-state index contributed by atoms with van der Waals surface area (Å²) < 4.78 is 0. The quantitative estimate of drug-likeness (QED) is 0.864. The molecule has 3 heteroatoms. The first-order chi connectivity index (χ1) is 8.11. The predicted octanol–water partition coefficient (Wildman–Crippen LogP) is 3.72. The molecule has 1 aromatic heterocycles. The maximum Gasteiger partial charge on any atom is 0.110 e. The third-order valence-electron chi connectivity index (χ3n) is 3.60. The van der Waals surface area contributed by atoms with Crippen LogP contribution in [-0.4, -0.2) is 11.0 Å². The number of rotatable bonds is 5. The Morgan fingerprint density at radius 3 is 2.65 bits per heavy atom. The highest BCUT2D eigenvalue weighted by Gasteiger charge is 2.25. The van der Waals surface area contributed by atoms with Crippen molar-refractivity contribution in [3.05, 3.63) is 15.6 Å². The number of nitrogens with zero attached hydrogens (tertiary/aromatic N) is 1. The fourth-order valence-electron chi connectivity index (χ4n) is 2.42. The molecule has 0 saturated carbocycles. The van der Waals surface area contributed by atoms with Crippen LogP contribution in [0.5, 0.6) is 0 Å². The van der Waals surface area contributed by atoms with Crippen LogP contribution in [0.4, 0.5) is 0 Å². The molecule has 0 bridgehead atoms. The van der Waals surface area contributed by atoms with Crippen LogP contribution in [0.15, 0.2) is 0 Å². The fourth-order valence-corrected chi connectivity index (χ4v) is 3.76. The Kier molecular flexibility index (Phi) is 4.21. The van der Waals surface area contributed by atoms with E-state index in [-0.39, 0.29) is 0 Å². The second-order valence-corrected chi connectivity index (χ2v) is 6.58. The second-order valence-electron chi connectivity index (χ2n) is 5.46. The van der Waals surface area contributed by atoms with Gasteiger partial charge >= 0.3 is 0 Å². The molecule has 2 nitrogen and oxygen atoms in total. The Morgan fingerprint density at radius 1 is 1.29 bits per heavy atom. The maximum atomic E-state index is 4.87. The average Bonchev–Trinajstić information content (AvgIpc) is 2.84. The Hall–Kier alpha value is -0.410. The summed E-state index contributed by atoms with van der Waals surface area (Å²) in [6, 6.07) is 0.961. The monoisotopic (exact) mass is 252 g/mol. The van der Waals surface area contributed by atoms with Crippen LogP contribution in [0.2, 0.25) is 0 Å². The minimum absolute atomic E-state index is 0.440. The summed E-state index contributed by atoms with van der Waals surface area (Å²) in [6.07, 6.45) is 4.96. The number of aromatic nitrogens is 1. The van der Waals surface area contributed by atoms with Crippen molar-refractivity contribution in [2.45, 2.75) is 65.5 Å². The van der Waals surface area contributed by atoms with Gasteiger partial charge in [0.1, 0.15) is 5.01 Å². The van der Waals surface area contributed by atoms with Gasteiger partial charge in [-0.25, -0.2) is 4.98 Å². The normalized spacial score (nSPS) is 18.4. The van der Waals surface area contributed by atoms with E-state index in [4.69, 9.17) is 4.98 Å². The van der Waals surface area contributed by atoms with Crippen molar-refractivity contribution in [3.8, 4) is 0 Å². The number of thiazole rings is 1. The Balaban J connectivity index is 2.18. The van der Waals surface area contributed by atoms with E-state index in [0.29, 0.717) is 18.0 Å². The Morgan fingerprint density at radius 2 is 2.06 bits per heavy atom. The first-order valence-electron chi connectivity index (χ1n) is 6.86. The van der Waals surface area contributed by atoms with E-state index in [1.54, 1.807) is 4.88 Å². The van der Waals surface area contributed by atoms with Crippen molar-refractivity contribution in [1.29, 1.82) is 0 Å². The highest BCUT2D eigenvalue weighted by molar-refractivity contribution is 7.11. The second kappa shape index (κ2) is 5.49. The fraction of sp³-hybridized carbons (Fsp3) is 0.786. The molecule has 17 heavy (non-hydrogen) atoms. The van der Waals surface area contributed by atoms with Crippen molar-refractivity contribution < 1.29 is 0 Å². The summed E-state index contributed by atoms with van der Waals surface area (Å²) in [4.78, 5) is 6.41. The van der Waals surface area contributed by atoms with Crippen LogP contribution in [-0.2, 0) is 12.8 Å². The van der Waals surface area contributed by atoms with Crippen molar-refractivity contribution >= 4 is 11.3 Å². The van der Waals surface area contributed by atoms with E-state index < -0.39 is 0 Å². The van der Waals surface area contributed by atoms with Gasteiger partial charge in [-0.15, -0.1) is 11.3 Å². The molecule has 2 atom stereocenters. The summed E-state index contributed by atoms with van der Waals surface area (Å²) in [5.74, 6) is 0.656. The number of nitrogens with one attached hydrogen (secondary N) is 1. The summed E-state index contributed by atoms with van der Waals surface area (Å²) in [5, 5.41) is 5.00. The molecule has 1 heterocycles. The zero-order valence-corrected chi connectivity index (χ0v) is 12.2. The van der Waals surface area contributed by atoms with Crippen molar-refractivity contribution in [2.75, 3.05) is 0 Å². The smallest absolute Gasteiger partial charge is 0.110 e. The lowest BCUT2D eigenvalue weighted by Crippen LogP contribution is -2.32. The minimum Gasteiger partial charge on any atom is -0.305 e. The van der Waals surface area contributed by atoms with Gasteiger partial charge in [0.05, 0.1) is 11.7 Å². The van der Waals surface area contributed by atoms with Crippen LogP contribution >= 0.6 is 11.3 Å². The first-order valence-corrected chi connectivity index (χ1v) is 7.68. The molecule has 1 aliphatic rings. The van der Waals surface area contributed by atoms with Crippen molar-refractivity contribution in [2.24, 2.45) is 5.92 Å². The van der Waals surface area contributed by atoms with Gasteiger partial charge in [0, 0.05) is 10.9 Å². The molecule has 2 rings (SSSR count). The molecule has 2 unspecified atom stereocenters. The molecule has 96 valence electrons. The van der Waals surface area contributed by atoms with Gasteiger partial charge in [-0.2, -0.15) is 0 Å². The summed E-state index contributed by atoms with van der Waals surface area (Å²) in [6.45, 7) is 9.03. The van der Waals surface area contributed by atoms with Gasteiger partial charge in [-0.1, -0.05) is 34.1 Å². The van der Waals surface area contributed by atoms with E-state index >= 15 is 0 Å². The molecular formula is C14H24N2S. The lowest BCUT2D eigenvalue weighted by Gasteiger charge is -2.24. The van der Waals surface area contributed by atoms with Gasteiger partial charge in [0.25, 0.3) is 0 Å². The van der Waals surface area contributed by atoms with E-state index in [9.17, 15) is 0 Å². The summed E-state index contributed by atoms with van der Waals surface area (Å²) in [5.41, 5.74) is 1.38. The molecule has 1 aliphatic carbocycles. The summed E-state index contributed by atoms with van der Waals surface area (Å²) in [7, 11) is 0. The number of hydrogen-bond acceptors (Lipinski definition) is 3. The molecule has 0 aromatic carbocycles. The average molecular weight is 252 g/mol. The summed E-state index contributed by atoms with van der Waals surface area (Å²) >= 11 is 1.94. The minimum atomic E-state index is 0.440. The molecule has 0 saturated heterocycles. The topological polar surface area (TPSA) is 24.9 Å². The van der Waals surface area contributed by atoms with Gasteiger partial charge in [-0.05, 0) is 25.2 Å². The van der Waals surface area contributed by atoms with Crippen molar-refractivity contribution in [1.82, 2.24) is 10.3 Å². The largest absolute Gasteiger partial charge is 0.305 e. The number of fused-ring (bicyclic) bond motifs is 1. The molecule has 1 N–H and O–H groups in total. The molecule has 0 amide bonds. The Bertz CT molecular complexity index is 349. The van der Waals surface area contributed by atoms with Gasteiger partial charge in [0.15, 0.2) is 0 Å². The van der Waals surface area contributed by atoms with Crippen LogP contribution in [0.3, 0.4) is 0 Å². The van der Waals surface area contributed by atoms with Crippen molar-refractivity contribution in [3.63, 3.8) is 0 Å². The van der Waals surface area contributed by atoms with E-state index in [1.807, 2.05) is 11.3 Å². The third kappa shape index (κ3) is 2.89. The van der Waals surface area contributed by atoms with E-state index in [0.717, 1.165) is 0 Å². The standard InChI is InChI=1S/C14H24N2S/c1-5-10(4)13(15-9(2)3)14-16-11-7-6-8-12(11)17-14/h9-10,13,15H,5-8H2,1-4H3. The van der Waals surface area contributed by atoms with Crippen LogP contribution in [0.1, 0.15) is 62.2 Å². The third-order valence-corrected chi connectivity index (χ3v) is 4.84. The van der Waals surface area contributed by atoms with E-state index in [2.05, 4.69) is 33.0 Å². The highest BCUT2D eigenvalue weighted by Crippen LogP contribution is 2.34. The number of aryl methyl sites for hydroxylation is 2. The number of hydrogen-bond donors (Lipinski definition) is 1. The molecule has 0 spiro atoms. The Labute approximate surface area is 109 Å². The highest BCUT2D eigenvalue weighted by atomic mass is 32.1. The lowest BCUT2D eigenvalue weighted by molar-refractivity contribution is 0.350. The molecule has 0 fully saturated rings. The molecule has 0 radical (unpaired) electrons. The zero-order valence-electron chi connectivity index (χ0n) is 11.4.